The molecular weight excluding hydrogens is 184 g/mol. The Morgan fingerprint density at radius 1 is 1.07 bits per heavy atom. The van der Waals surface area contributed by atoms with E-state index in [1.165, 1.54) is 12.8 Å². The van der Waals surface area contributed by atoms with E-state index in [9.17, 15) is 0 Å². The van der Waals surface area contributed by atoms with Crippen LogP contribution in [0.4, 0.5) is 0 Å². The van der Waals surface area contributed by atoms with E-state index in [4.69, 9.17) is 0 Å². The summed E-state index contributed by atoms with van der Waals surface area (Å²) in [6.07, 6.45) is 7.22. The van der Waals surface area contributed by atoms with Crippen molar-refractivity contribution in [3.63, 3.8) is 0 Å². The Bertz CT molecular complexity index is 287. The molecule has 0 amide bonds. The van der Waals surface area contributed by atoms with Gasteiger partial charge < -0.3 is 4.98 Å². The lowest BCUT2D eigenvalue weighted by Gasteiger charge is -1.90. The van der Waals surface area contributed by atoms with Gasteiger partial charge in [-0.05, 0) is 6.42 Å². The number of aryl methyl sites for hydroxylation is 1. The molecule has 0 saturated heterocycles. The van der Waals surface area contributed by atoms with Crippen LogP contribution < -0.4 is 0 Å². The van der Waals surface area contributed by atoms with Crippen LogP contribution in [-0.4, -0.2) is 9.97 Å². The van der Waals surface area contributed by atoms with E-state index >= 15 is 0 Å². The molecule has 2 rings (SSSR count). The molecule has 0 fully saturated rings. The van der Waals surface area contributed by atoms with E-state index in [-0.39, 0.29) is 0 Å². The second-order valence-corrected chi connectivity index (χ2v) is 3.29. The van der Waals surface area contributed by atoms with Gasteiger partial charge in [-0.15, -0.1) is 0 Å². The van der Waals surface area contributed by atoms with Crippen molar-refractivity contribution in [3.05, 3.63) is 54.6 Å². The minimum atomic E-state index is 1.09. The maximum Gasteiger partial charge on any atom is 0.105 e. The van der Waals surface area contributed by atoms with Gasteiger partial charge in [0.15, 0.2) is 0 Å². The first-order chi connectivity index (χ1) is 7.43. The van der Waals surface area contributed by atoms with Crippen molar-refractivity contribution in [2.45, 2.75) is 26.2 Å². The SMILES string of the molecule is CCCCc1ncc[nH]1.c1ccccc1. The van der Waals surface area contributed by atoms with Crippen LogP contribution in [0, 0.1) is 0 Å². The quantitative estimate of drug-likeness (QED) is 0.811. The highest BCUT2D eigenvalue weighted by Crippen LogP contribution is 1.96. The lowest BCUT2D eigenvalue weighted by atomic mass is 10.2. The van der Waals surface area contributed by atoms with E-state index in [0.29, 0.717) is 0 Å². The molecule has 1 N–H and O–H groups in total. The summed E-state index contributed by atoms with van der Waals surface area (Å²) in [6.45, 7) is 2.18. The third-order valence-electron chi connectivity index (χ3n) is 1.99. The Balaban J connectivity index is 0.000000162. The van der Waals surface area contributed by atoms with Crippen molar-refractivity contribution >= 4 is 0 Å². The number of hydrogen-bond donors (Lipinski definition) is 1. The fourth-order valence-corrected chi connectivity index (χ4v) is 1.16. The molecule has 0 saturated carbocycles. The lowest BCUT2D eigenvalue weighted by molar-refractivity contribution is 0.762. The summed E-state index contributed by atoms with van der Waals surface area (Å²) in [4.78, 5) is 7.16. The van der Waals surface area contributed by atoms with Crippen LogP contribution in [0.25, 0.3) is 0 Å². The molecule has 1 aromatic heterocycles. The maximum absolute atomic E-state index is 4.10. The molecule has 1 aromatic carbocycles. The molecule has 0 radical (unpaired) electrons. The second-order valence-electron chi connectivity index (χ2n) is 3.29. The molecule has 2 nitrogen and oxygen atoms in total. The fraction of sp³-hybridized carbons (Fsp3) is 0.308. The largest absolute Gasteiger partial charge is 0.349 e. The average molecular weight is 202 g/mol. The molecule has 1 heterocycles. The first-order valence-electron chi connectivity index (χ1n) is 5.41. The van der Waals surface area contributed by atoms with Crippen LogP contribution in [-0.2, 0) is 6.42 Å². The Morgan fingerprint density at radius 2 is 1.67 bits per heavy atom. The van der Waals surface area contributed by atoms with Crippen LogP contribution in [0.2, 0.25) is 0 Å². The Kier molecular flexibility index (Phi) is 5.98. The third kappa shape index (κ3) is 5.68. The highest BCUT2D eigenvalue weighted by molar-refractivity contribution is 4.99. The minimum Gasteiger partial charge on any atom is -0.349 e. The zero-order chi connectivity index (χ0) is 10.8. The van der Waals surface area contributed by atoms with Gasteiger partial charge >= 0.3 is 0 Å². The van der Waals surface area contributed by atoms with Gasteiger partial charge in [0, 0.05) is 18.8 Å². The summed E-state index contributed by atoms with van der Waals surface area (Å²) < 4.78 is 0. The predicted molar refractivity (Wildman–Crippen MR) is 63.6 cm³/mol. The van der Waals surface area contributed by atoms with E-state index in [1.807, 2.05) is 42.6 Å². The summed E-state index contributed by atoms with van der Waals surface area (Å²) in [6, 6.07) is 12.0. The number of imidazole rings is 1. The van der Waals surface area contributed by atoms with Crippen LogP contribution >= 0.6 is 0 Å². The molecule has 15 heavy (non-hydrogen) atoms. The molecule has 0 atom stereocenters. The molecule has 0 bridgehead atoms. The zero-order valence-corrected chi connectivity index (χ0v) is 9.19. The Hall–Kier alpha value is -1.57. The monoisotopic (exact) mass is 202 g/mol. The molecule has 0 aliphatic rings. The topological polar surface area (TPSA) is 28.7 Å². The van der Waals surface area contributed by atoms with Gasteiger partial charge in [0.2, 0.25) is 0 Å². The lowest BCUT2D eigenvalue weighted by Crippen LogP contribution is -1.85. The minimum absolute atomic E-state index is 1.09. The Labute approximate surface area is 91.4 Å². The number of benzene rings is 1. The van der Waals surface area contributed by atoms with Crippen molar-refractivity contribution < 1.29 is 0 Å². The maximum atomic E-state index is 4.10. The third-order valence-corrected chi connectivity index (χ3v) is 1.99. The smallest absolute Gasteiger partial charge is 0.105 e. The molecule has 0 aliphatic heterocycles. The van der Waals surface area contributed by atoms with Crippen molar-refractivity contribution in [1.29, 1.82) is 0 Å². The molecule has 0 spiro atoms. The van der Waals surface area contributed by atoms with Crippen LogP contribution in [0.5, 0.6) is 0 Å². The molecule has 2 heteroatoms. The highest BCUT2D eigenvalue weighted by atomic mass is 14.9. The van der Waals surface area contributed by atoms with Gasteiger partial charge in [0.05, 0.1) is 0 Å². The number of aromatic nitrogens is 2. The first kappa shape index (κ1) is 11.5. The Morgan fingerprint density at radius 3 is 2.07 bits per heavy atom. The normalized spacial score (nSPS) is 9.13. The van der Waals surface area contributed by atoms with Crippen LogP contribution in [0.3, 0.4) is 0 Å². The summed E-state index contributed by atoms with van der Waals surface area (Å²) in [5.74, 6) is 1.11. The van der Waals surface area contributed by atoms with Crippen molar-refractivity contribution in [3.8, 4) is 0 Å². The average Bonchev–Trinajstić information content (AvgIpc) is 2.82. The van der Waals surface area contributed by atoms with Crippen LogP contribution in [0.1, 0.15) is 25.6 Å². The summed E-state index contributed by atoms with van der Waals surface area (Å²) >= 11 is 0. The molecular formula is C13H18N2. The van der Waals surface area contributed by atoms with E-state index < -0.39 is 0 Å². The predicted octanol–water partition coefficient (Wildman–Crippen LogP) is 3.44. The van der Waals surface area contributed by atoms with Gasteiger partial charge in [-0.1, -0.05) is 49.7 Å². The summed E-state index contributed by atoms with van der Waals surface area (Å²) in [5.41, 5.74) is 0. The van der Waals surface area contributed by atoms with E-state index in [2.05, 4.69) is 16.9 Å². The standard InChI is InChI=1S/C7H12N2.C6H6/c1-2-3-4-7-8-5-6-9-7;1-2-4-6-5-3-1/h5-6H,2-4H2,1H3,(H,8,9);1-6H. The first-order valence-corrected chi connectivity index (χ1v) is 5.41. The van der Waals surface area contributed by atoms with Crippen molar-refractivity contribution in [2.24, 2.45) is 0 Å². The zero-order valence-electron chi connectivity index (χ0n) is 9.19. The molecule has 80 valence electrons. The van der Waals surface area contributed by atoms with Gasteiger partial charge in [-0.3, -0.25) is 0 Å². The number of aromatic amines is 1. The highest BCUT2D eigenvalue weighted by Gasteiger charge is 1.90. The second kappa shape index (κ2) is 7.80. The molecule has 0 unspecified atom stereocenters. The molecule has 0 aliphatic carbocycles. The number of unbranched alkanes of at least 4 members (excludes halogenated alkanes) is 1. The summed E-state index contributed by atoms with van der Waals surface area (Å²) in [5, 5.41) is 0. The van der Waals surface area contributed by atoms with Crippen molar-refractivity contribution in [2.75, 3.05) is 0 Å². The van der Waals surface area contributed by atoms with E-state index in [1.54, 1.807) is 6.20 Å². The summed E-state index contributed by atoms with van der Waals surface area (Å²) in [7, 11) is 0. The number of hydrogen-bond acceptors (Lipinski definition) is 1. The fourth-order valence-electron chi connectivity index (χ4n) is 1.16. The van der Waals surface area contributed by atoms with Gasteiger partial charge in [0.25, 0.3) is 0 Å². The molecule has 2 aromatic rings. The van der Waals surface area contributed by atoms with Crippen molar-refractivity contribution in [1.82, 2.24) is 9.97 Å². The van der Waals surface area contributed by atoms with Gasteiger partial charge in [-0.25, -0.2) is 4.98 Å². The number of nitrogens with zero attached hydrogens (tertiary/aromatic N) is 1. The van der Waals surface area contributed by atoms with Gasteiger partial charge in [-0.2, -0.15) is 0 Å². The van der Waals surface area contributed by atoms with E-state index in [0.717, 1.165) is 12.2 Å². The number of rotatable bonds is 3. The van der Waals surface area contributed by atoms with Gasteiger partial charge in [0.1, 0.15) is 5.82 Å². The number of nitrogens with one attached hydrogen (secondary N) is 1. The number of H-pyrrole nitrogens is 1. The van der Waals surface area contributed by atoms with Crippen LogP contribution in [0.15, 0.2) is 48.8 Å².